The number of aromatic nitrogens is 2. The lowest BCUT2D eigenvalue weighted by Gasteiger charge is -2.26. The molecule has 1 fully saturated rings. The van der Waals surface area contributed by atoms with E-state index < -0.39 is 0 Å². The molecule has 1 unspecified atom stereocenters. The van der Waals surface area contributed by atoms with Crippen molar-refractivity contribution < 1.29 is 0 Å². The molecule has 4 heteroatoms. The standard InChI is InChI=1S/C16H28N4/c1-5-7-14-18-15(17-10-6-2)11-16(19-14)20(4)12(3)13-8-9-13/h11-13H,5-10H2,1-4H3,(H,17,18,19). The van der Waals surface area contributed by atoms with Crippen LogP contribution in [0, 0.1) is 5.92 Å². The molecule has 20 heavy (non-hydrogen) atoms. The summed E-state index contributed by atoms with van der Waals surface area (Å²) >= 11 is 0. The van der Waals surface area contributed by atoms with Gasteiger partial charge >= 0.3 is 0 Å². The fraction of sp³-hybridized carbons (Fsp3) is 0.750. The van der Waals surface area contributed by atoms with Crippen LogP contribution in [-0.2, 0) is 6.42 Å². The maximum atomic E-state index is 4.74. The van der Waals surface area contributed by atoms with Crippen LogP contribution in [0.4, 0.5) is 11.6 Å². The average molecular weight is 276 g/mol. The minimum atomic E-state index is 0.568. The summed E-state index contributed by atoms with van der Waals surface area (Å²) in [5, 5.41) is 3.39. The van der Waals surface area contributed by atoms with Crippen LogP contribution in [0.25, 0.3) is 0 Å². The Labute approximate surface area is 123 Å². The number of nitrogens with zero attached hydrogens (tertiary/aromatic N) is 3. The van der Waals surface area contributed by atoms with Crippen molar-refractivity contribution in [3.8, 4) is 0 Å². The van der Waals surface area contributed by atoms with Crippen molar-refractivity contribution in [2.24, 2.45) is 5.92 Å². The average Bonchev–Trinajstić information content (AvgIpc) is 3.28. The fourth-order valence-corrected chi connectivity index (χ4v) is 2.45. The van der Waals surface area contributed by atoms with Crippen molar-refractivity contribution in [1.82, 2.24) is 9.97 Å². The molecule has 1 N–H and O–H groups in total. The molecule has 112 valence electrons. The SMILES string of the molecule is CCCNc1cc(N(C)C(C)C2CC2)nc(CCC)n1. The number of anilines is 2. The first-order valence-corrected chi connectivity index (χ1v) is 8.00. The van der Waals surface area contributed by atoms with Crippen molar-refractivity contribution in [3.63, 3.8) is 0 Å². The zero-order valence-electron chi connectivity index (χ0n) is 13.3. The molecule has 2 rings (SSSR count). The Hall–Kier alpha value is -1.32. The summed E-state index contributed by atoms with van der Waals surface area (Å²) in [6.45, 7) is 7.61. The van der Waals surface area contributed by atoms with Crippen LogP contribution >= 0.6 is 0 Å². The second-order valence-corrected chi connectivity index (χ2v) is 5.89. The normalized spacial score (nSPS) is 16.0. The Morgan fingerprint density at radius 3 is 2.65 bits per heavy atom. The highest BCUT2D eigenvalue weighted by molar-refractivity contribution is 5.49. The molecule has 1 aromatic rings. The Morgan fingerprint density at radius 2 is 2.05 bits per heavy atom. The Morgan fingerprint density at radius 1 is 1.30 bits per heavy atom. The first-order chi connectivity index (χ1) is 9.65. The zero-order valence-corrected chi connectivity index (χ0v) is 13.3. The van der Waals surface area contributed by atoms with E-state index >= 15 is 0 Å². The summed E-state index contributed by atoms with van der Waals surface area (Å²) in [4.78, 5) is 11.7. The summed E-state index contributed by atoms with van der Waals surface area (Å²) in [7, 11) is 2.16. The number of hydrogen-bond donors (Lipinski definition) is 1. The van der Waals surface area contributed by atoms with Gasteiger partial charge in [-0.2, -0.15) is 0 Å². The highest BCUT2D eigenvalue weighted by Crippen LogP contribution is 2.36. The molecule has 4 nitrogen and oxygen atoms in total. The molecule has 1 saturated carbocycles. The van der Waals surface area contributed by atoms with E-state index in [9.17, 15) is 0 Å². The van der Waals surface area contributed by atoms with Crippen LogP contribution in [-0.4, -0.2) is 29.6 Å². The maximum Gasteiger partial charge on any atom is 0.134 e. The summed E-state index contributed by atoms with van der Waals surface area (Å²) < 4.78 is 0. The van der Waals surface area contributed by atoms with Gasteiger partial charge in [-0.15, -0.1) is 0 Å². The van der Waals surface area contributed by atoms with Crippen LogP contribution in [0.15, 0.2) is 6.07 Å². The third-order valence-corrected chi connectivity index (χ3v) is 4.07. The second kappa shape index (κ2) is 6.91. The highest BCUT2D eigenvalue weighted by atomic mass is 15.2. The van der Waals surface area contributed by atoms with Gasteiger partial charge in [0.15, 0.2) is 0 Å². The molecule has 1 atom stereocenters. The van der Waals surface area contributed by atoms with Crippen molar-refractivity contribution in [2.75, 3.05) is 23.8 Å². The van der Waals surface area contributed by atoms with E-state index in [1.165, 1.54) is 12.8 Å². The predicted molar refractivity (Wildman–Crippen MR) is 85.4 cm³/mol. The zero-order chi connectivity index (χ0) is 14.5. The van der Waals surface area contributed by atoms with Crippen LogP contribution in [0.3, 0.4) is 0 Å². The van der Waals surface area contributed by atoms with Gasteiger partial charge in [-0.1, -0.05) is 13.8 Å². The number of nitrogens with one attached hydrogen (secondary N) is 1. The summed E-state index contributed by atoms with van der Waals surface area (Å²) in [6.07, 6.45) is 5.86. The Balaban J connectivity index is 2.18. The lowest BCUT2D eigenvalue weighted by Crippen LogP contribution is -2.31. The molecule has 0 radical (unpaired) electrons. The van der Waals surface area contributed by atoms with Gasteiger partial charge in [-0.3, -0.25) is 0 Å². The number of hydrogen-bond acceptors (Lipinski definition) is 4. The van der Waals surface area contributed by atoms with E-state index in [1.807, 2.05) is 0 Å². The molecular formula is C16H28N4. The van der Waals surface area contributed by atoms with Gasteiger partial charge < -0.3 is 10.2 Å². The largest absolute Gasteiger partial charge is 0.370 e. The quantitative estimate of drug-likeness (QED) is 0.789. The van der Waals surface area contributed by atoms with Crippen LogP contribution in [0.2, 0.25) is 0 Å². The van der Waals surface area contributed by atoms with E-state index in [0.29, 0.717) is 6.04 Å². The van der Waals surface area contributed by atoms with Crippen molar-refractivity contribution in [2.45, 2.75) is 58.9 Å². The maximum absolute atomic E-state index is 4.74. The van der Waals surface area contributed by atoms with Gasteiger partial charge in [0.2, 0.25) is 0 Å². The summed E-state index contributed by atoms with van der Waals surface area (Å²) in [5.41, 5.74) is 0. The molecule has 0 spiro atoms. The molecule has 1 aliphatic carbocycles. The minimum absolute atomic E-state index is 0.568. The van der Waals surface area contributed by atoms with Gasteiger partial charge in [0.25, 0.3) is 0 Å². The van der Waals surface area contributed by atoms with Gasteiger partial charge in [0.05, 0.1) is 0 Å². The number of aryl methyl sites for hydroxylation is 1. The lowest BCUT2D eigenvalue weighted by molar-refractivity contribution is 0.601. The predicted octanol–water partition coefficient (Wildman–Crippen LogP) is 3.49. The molecule has 1 aliphatic rings. The van der Waals surface area contributed by atoms with E-state index in [4.69, 9.17) is 4.98 Å². The van der Waals surface area contributed by atoms with Gasteiger partial charge in [0.1, 0.15) is 17.5 Å². The second-order valence-electron chi connectivity index (χ2n) is 5.89. The Bertz CT molecular complexity index is 428. The molecular weight excluding hydrogens is 248 g/mol. The summed E-state index contributed by atoms with van der Waals surface area (Å²) in [6, 6.07) is 2.66. The third kappa shape index (κ3) is 3.84. The van der Waals surface area contributed by atoms with Gasteiger partial charge in [-0.05, 0) is 38.5 Å². The van der Waals surface area contributed by atoms with E-state index in [2.05, 4.69) is 49.1 Å². The van der Waals surface area contributed by atoms with E-state index in [1.54, 1.807) is 0 Å². The minimum Gasteiger partial charge on any atom is -0.370 e. The third-order valence-electron chi connectivity index (χ3n) is 4.07. The molecule has 0 aromatic carbocycles. The molecule has 0 amide bonds. The van der Waals surface area contributed by atoms with Crippen LogP contribution in [0.1, 0.15) is 52.3 Å². The number of rotatable bonds is 8. The van der Waals surface area contributed by atoms with E-state index in [0.717, 1.165) is 49.2 Å². The van der Waals surface area contributed by atoms with E-state index in [-0.39, 0.29) is 0 Å². The van der Waals surface area contributed by atoms with Gasteiger partial charge in [-0.25, -0.2) is 9.97 Å². The highest BCUT2D eigenvalue weighted by Gasteiger charge is 2.31. The smallest absolute Gasteiger partial charge is 0.134 e. The molecule has 1 heterocycles. The topological polar surface area (TPSA) is 41.0 Å². The molecule has 0 bridgehead atoms. The van der Waals surface area contributed by atoms with Gasteiger partial charge in [0, 0.05) is 32.1 Å². The molecule has 0 saturated heterocycles. The fourth-order valence-electron chi connectivity index (χ4n) is 2.45. The summed E-state index contributed by atoms with van der Waals surface area (Å²) in [5.74, 6) is 3.83. The Kier molecular flexibility index (Phi) is 5.21. The van der Waals surface area contributed by atoms with Crippen LogP contribution < -0.4 is 10.2 Å². The monoisotopic (exact) mass is 276 g/mol. The molecule has 0 aliphatic heterocycles. The van der Waals surface area contributed by atoms with Crippen molar-refractivity contribution in [1.29, 1.82) is 0 Å². The molecule has 1 aromatic heterocycles. The van der Waals surface area contributed by atoms with Crippen LogP contribution in [0.5, 0.6) is 0 Å². The van der Waals surface area contributed by atoms with Crippen molar-refractivity contribution >= 4 is 11.6 Å². The first kappa shape index (κ1) is 15.1. The first-order valence-electron chi connectivity index (χ1n) is 8.00. The lowest BCUT2D eigenvalue weighted by atomic mass is 10.2. The van der Waals surface area contributed by atoms with Crippen molar-refractivity contribution in [3.05, 3.63) is 11.9 Å².